The standard InChI is InChI=1S/C34H53N7O5/c1-22(2)31-37-33(46-38-31)39-15-11-25(12-16-39)23(3)13-17-44-28-19-35-32(36-24(28)4)40-20-26(18-30(43)45-34(5,6)7)27(21-40)41-14-9-8-10-29(41)42/h19,22-23,25-27H,8-18,20-21H2,1-7H3/t23-,26+,27+/m1/s1. The van der Waals surface area contributed by atoms with Crippen LogP contribution in [0.1, 0.15) is 104 Å². The third-order valence-electron chi connectivity index (χ3n) is 9.61. The molecular formula is C34H53N7O5. The van der Waals surface area contributed by atoms with Crippen molar-refractivity contribution in [2.24, 2.45) is 17.8 Å². The summed E-state index contributed by atoms with van der Waals surface area (Å²) >= 11 is 0. The number of carbonyl (C=O) groups is 2. The quantitative estimate of drug-likeness (QED) is 0.303. The van der Waals surface area contributed by atoms with E-state index in [2.05, 4.69) is 45.7 Å². The number of nitrogens with zero attached hydrogens (tertiary/aromatic N) is 7. The molecule has 46 heavy (non-hydrogen) atoms. The van der Waals surface area contributed by atoms with Gasteiger partial charge in [0, 0.05) is 51.0 Å². The van der Waals surface area contributed by atoms with Gasteiger partial charge >= 0.3 is 12.0 Å². The van der Waals surface area contributed by atoms with Crippen molar-refractivity contribution in [3.63, 3.8) is 0 Å². The molecule has 2 aromatic heterocycles. The summed E-state index contributed by atoms with van der Waals surface area (Å²) in [6.07, 6.45) is 7.63. The van der Waals surface area contributed by atoms with Gasteiger partial charge in [-0.3, -0.25) is 9.59 Å². The lowest BCUT2D eigenvalue weighted by Gasteiger charge is -2.35. The van der Waals surface area contributed by atoms with E-state index in [1.807, 2.05) is 32.6 Å². The van der Waals surface area contributed by atoms with Crippen LogP contribution in [0.2, 0.25) is 0 Å². The molecule has 3 fully saturated rings. The molecule has 3 aliphatic rings. The van der Waals surface area contributed by atoms with Crippen LogP contribution < -0.4 is 14.5 Å². The van der Waals surface area contributed by atoms with Gasteiger partial charge in [-0.25, -0.2) is 9.97 Å². The van der Waals surface area contributed by atoms with Crippen molar-refractivity contribution in [2.75, 3.05) is 49.1 Å². The van der Waals surface area contributed by atoms with E-state index in [9.17, 15) is 9.59 Å². The van der Waals surface area contributed by atoms with Crippen LogP contribution in [0.3, 0.4) is 0 Å². The molecule has 0 N–H and O–H groups in total. The Balaban J connectivity index is 1.13. The van der Waals surface area contributed by atoms with Crippen LogP contribution in [0.15, 0.2) is 10.7 Å². The van der Waals surface area contributed by atoms with E-state index in [1.54, 1.807) is 6.20 Å². The predicted molar refractivity (Wildman–Crippen MR) is 175 cm³/mol. The number of anilines is 2. The molecule has 2 aromatic rings. The number of likely N-dealkylation sites (tertiary alicyclic amines) is 1. The topological polar surface area (TPSA) is 127 Å². The van der Waals surface area contributed by atoms with Crippen molar-refractivity contribution in [1.29, 1.82) is 0 Å². The van der Waals surface area contributed by atoms with Crippen molar-refractivity contribution < 1.29 is 23.6 Å². The van der Waals surface area contributed by atoms with E-state index < -0.39 is 5.60 Å². The summed E-state index contributed by atoms with van der Waals surface area (Å²) in [6.45, 7) is 18.4. The first-order valence-electron chi connectivity index (χ1n) is 17.2. The second-order valence-electron chi connectivity index (χ2n) is 14.7. The molecular weight excluding hydrogens is 586 g/mol. The predicted octanol–water partition coefficient (Wildman–Crippen LogP) is 5.16. The van der Waals surface area contributed by atoms with Crippen molar-refractivity contribution in [2.45, 2.75) is 111 Å². The van der Waals surface area contributed by atoms with Crippen molar-refractivity contribution in [3.8, 4) is 5.75 Å². The van der Waals surface area contributed by atoms with Gasteiger partial charge in [-0.05, 0) is 71.6 Å². The minimum atomic E-state index is -0.550. The van der Waals surface area contributed by atoms with Gasteiger partial charge in [0.25, 0.3) is 0 Å². The minimum Gasteiger partial charge on any atom is -0.490 e. The van der Waals surface area contributed by atoms with Crippen LogP contribution in [0.4, 0.5) is 12.0 Å². The fraction of sp³-hybridized carbons (Fsp3) is 0.765. The highest BCUT2D eigenvalue weighted by Crippen LogP contribution is 2.33. The molecule has 0 spiro atoms. The maximum atomic E-state index is 12.9. The summed E-state index contributed by atoms with van der Waals surface area (Å²) in [7, 11) is 0. The number of rotatable bonds is 11. The van der Waals surface area contributed by atoms with Crippen molar-refractivity contribution in [3.05, 3.63) is 17.7 Å². The zero-order chi connectivity index (χ0) is 33.0. The zero-order valence-electron chi connectivity index (χ0n) is 28.8. The van der Waals surface area contributed by atoms with Crippen molar-refractivity contribution >= 4 is 23.8 Å². The fourth-order valence-corrected chi connectivity index (χ4v) is 6.92. The number of piperidine rings is 2. The van der Waals surface area contributed by atoms with Gasteiger partial charge in [0.2, 0.25) is 11.9 Å². The molecule has 3 saturated heterocycles. The highest BCUT2D eigenvalue weighted by molar-refractivity contribution is 5.78. The van der Waals surface area contributed by atoms with Gasteiger partial charge < -0.3 is 28.7 Å². The molecule has 5 rings (SSSR count). The number of carbonyl (C=O) groups excluding carboxylic acids is 2. The average molecular weight is 640 g/mol. The van der Waals surface area contributed by atoms with Crippen LogP contribution in [-0.4, -0.2) is 87.9 Å². The number of hydrogen-bond acceptors (Lipinski definition) is 11. The van der Waals surface area contributed by atoms with Crippen LogP contribution in [0.5, 0.6) is 5.75 Å². The lowest BCUT2D eigenvalue weighted by molar-refractivity contribution is -0.157. The van der Waals surface area contributed by atoms with Crippen LogP contribution in [0.25, 0.3) is 0 Å². The Morgan fingerprint density at radius 3 is 2.48 bits per heavy atom. The molecule has 5 heterocycles. The summed E-state index contributed by atoms with van der Waals surface area (Å²) < 4.78 is 17.3. The largest absolute Gasteiger partial charge is 0.490 e. The summed E-state index contributed by atoms with van der Waals surface area (Å²) in [5.74, 6) is 3.34. The molecule has 3 aliphatic heterocycles. The maximum absolute atomic E-state index is 12.9. The van der Waals surface area contributed by atoms with Crippen molar-refractivity contribution in [1.82, 2.24) is 25.0 Å². The van der Waals surface area contributed by atoms with Gasteiger partial charge in [0.1, 0.15) is 5.60 Å². The van der Waals surface area contributed by atoms with E-state index in [-0.39, 0.29) is 36.2 Å². The van der Waals surface area contributed by atoms with Gasteiger partial charge in [-0.1, -0.05) is 25.9 Å². The van der Waals surface area contributed by atoms with Gasteiger partial charge in [-0.15, -0.1) is 0 Å². The molecule has 0 saturated carbocycles. The lowest BCUT2D eigenvalue weighted by Crippen LogP contribution is -2.47. The van der Waals surface area contributed by atoms with Gasteiger partial charge in [0.15, 0.2) is 11.6 Å². The molecule has 12 nitrogen and oxygen atoms in total. The summed E-state index contributed by atoms with van der Waals surface area (Å²) in [4.78, 5) is 46.0. The molecule has 3 atom stereocenters. The number of hydrogen-bond donors (Lipinski definition) is 0. The molecule has 0 unspecified atom stereocenters. The van der Waals surface area contributed by atoms with E-state index in [0.29, 0.717) is 55.7 Å². The number of ether oxygens (including phenoxy) is 2. The Morgan fingerprint density at radius 1 is 1.07 bits per heavy atom. The number of esters is 1. The van der Waals surface area contributed by atoms with E-state index in [0.717, 1.165) is 63.3 Å². The van der Waals surface area contributed by atoms with E-state index in [4.69, 9.17) is 19.0 Å². The smallest absolute Gasteiger partial charge is 0.324 e. The van der Waals surface area contributed by atoms with Crippen LogP contribution in [0, 0.1) is 24.7 Å². The Kier molecular flexibility index (Phi) is 10.7. The fourth-order valence-electron chi connectivity index (χ4n) is 6.92. The number of aromatic nitrogens is 4. The molecule has 0 radical (unpaired) electrons. The van der Waals surface area contributed by atoms with E-state index in [1.165, 1.54) is 0 Å². The third kappa shape index (κ3) is 8.47. The third-order valence-corrected chi connectivity index (χ3v) is 9.61. The highest BCUT2D eigenvalue weighted by atomic mass is 16.6. The maximum Gasteiger partial charge on any atom is 0.324 e. The Morgan fingerprint density at radius 2 is 1.83 bits per heavy atom. The van der Waals surface area contributed by atoms with Gasteiger partial charge in [0.05, 0.1) is 31.0 Å². The molecule has 12 heteroatoms. The molecule has 0 aromatic carbocycles. The average Bonchev–Trinajstić information content (AvgIpc) is 3.66. The highest BCUT2D eigenvalue weighted by Gasteiger charge is 2.42. The molecule has 254 valence electrons. The first-order valence-corrected chi connectivity index (χ1v) is 17.2. The second-order valence-corrected chi connectivity index (χ2v) is 14.7. The monoisotopic (exact) mass is 639 g/mol. The minimum absolute atomic E-state index is 0.0467. The summed E-state index contributed by atoms with van der Waals surface area (Å²) in [5, 5.41) is 4.11. The lowest BCUT2D eigenvalue weighted by atomic mass is 9.84. The summed E-state index contributed by atoms with van der Waals surface area (Å²) in [5.41, 5.74) is 0.234. The zero-order valence-corrected chi connectivity index (χ0v) is 28.8. The Labute approximate surface area is 273 Å². The van der Waals surface area contributed by atoms with Crippen LogP contribution in [-0.2, 0) is 14.3 Å². The first-order chi connectivity index (χ1) is 21.9. The SMILES string of the molecule is Cc1nc(N2C[C@H](CC(=O)OC(C)(C)C)[C@@H](N3CCCCC3=O)C2)ncc1OCC[C@@H](C)C1CCN(c2nc(C(C)C)no2)CC1. The second kappa shape index (κ2) is 14.5. The first kappa shape index (κ1) is 33.9. The van der Waals surface area contributed by atoms with E-state index >= 15 is 0 Å². The molecule has 0 bridgehead atoms. The van der Waals surface area contributed by atoms with Gasteiger partial charge in [-0.2, -0.15) is 4.98 Å². The Hall–Kier alpha value is -3.44. The summed E-state index contributed by atoms with van der Waals surface area (Å²) in [6, 6.07) is 0.568. The van der Waals surface area contributed by atoms with Crippen LogP contribution >= 0.6 is 0 Å². The molecule has 0 aliphatic carbocycles. The normalized spacial score (nSPS) is 22.1. The number of amides is 1. The molecule has 1 amide bonds. The Bertz CT molecular complexity index is 1330. The number of aryl methyl sites for hydroxylation is 1.